The molecule has 1 fully saturated rings. The highest BCUT2D eigenvalue weighted by atomic mass is 79.9. The molecular weight excluding hydrogens is 282 g/mol. The highest BCUT2D eigenvalue weighted by Gasteiger charge is 2.31. The number of aliphatic hydroxyl groups excluding tert-OH is 1. The number of halogens is 1. The Kier molecular flexibility index (Phi) is 4.56. The molecule has 0 spiro atoms. The summed E-state index contributed by atoms with van der Waals surface area (Å²) < 4.78 is 6.42. The van der Waals surface area contributed by atoms with Gasteiger partial charge < -0.3 is 15.2 Å². The van der Waals surface area contributed by atoms with Crippen LogP contribution in [0, 0.1) is 0 Å². The summed E-state index contributed by atoms with van der Waals surface area (Å²) in [6.07, 6.45) is 1.75. The van der Waals surface area contributed by atoms with Crippen LogP contribution in [0.4, 0.5) is 0 Å². The lowest BCUT2D eigenvalue weighted by Crippen LogP contribution is -2.51. The molecule has 17 heavy (non-hydrogen) atoms. The van der Waals surface area contributed by atoms with Gasteiger partial charge >= 0.3 is 0 Å². The number of rotatable bonds is 4. The van der Waals surface area contributed by atoms with Crippen LogP contribution in [0.3, 0.4) is 0 Å². The van der Waals surface area contributed by atoms with Crippen LogP contribution in [0.2, 0.25) is 0 Å². The molecule has 3 nitrogen and oxygen atoms in total. The molecule has 1 aromatic rings. The molecule has 0 radical (unpaired) electrons. The lowest BCUT2D eigenvalue weighted by atomic mass is 9.91. The highest BCUT2D eigenvalue weighted by Crippen LogP contribution is 2.21. The van der Waals surface area contributed by atoms with Crippen LogP contribution in [0.1, 0.15) is 18.4 Å². The second-order valence-electron chi connectivity index (χ2n) is 4.53. The molecule has 0 unspecified atom stereocenters. The van der Waals surface area contributed by atoms with Crippen molar-refractivity contribution in [3.05, 3.63) is 34.3 Å². The minimum Gasteiger partial charge on any atom is -0.394 e. The fraction of sp³-hybridized carbons (Fsp3) is 0.538. The first-order chi connectivity index (χ1) is 8.24. The third-order valence-corrected chi connectivity index (χ3v) is 3.80. The van der Waals surface area contributed by atoms with Crippen LogP contribution < -0.4 is 5.32 Å². The van der Waals surface area contributed by atoms with Crippen molar-refractivity contribution in [1.82, 2.24) is 5.32 Å². The predicted molar refractivity (Wildman–Crippen MR) is 70.9 cm³/mol. The second-order valence-corrected chi connectivity index (χ2v) is 5.45. The Labute approximate surface area is 110 Å². The van der Waals surface area contributed by atoms with Crippen LogP contribution in [-0.2, 0) is 11.3 Å². The molecule has 0 amide bonds. The van der Waals surface area contributed by atoms with E-state index < -0.39 is 0 Å². The van der Waals surface area contributed by atoms with Crippen LogP contribution in [-0.4, -0.2) is 30.5 Å². The SMILES string of the molecule is OCC1(NCc2cccc(Br)c2)CCOCC1. The smallest absolute Gasteiger partial charge is 0.0615 e. The van der Waals surface area contributed by atoms with E-state index in [0.717, 1.165) is 37.1 Å². The zero-order chi connectivity index (χ0) is 12.1. The average molecular weight is 300 g/mol. The molecule has 0 saturated carbocycles. The van der Waals surface area contributed by atoms with Gasteiger partial charge in [0, 0.05) is 29.8 Å². The number of nitrogens with one attached hydrogen (secondary N) is 1. The van der Waals surface area contributed by atoms with Crippen molar-refractivity contribution >= 4 is 15.9 Å². The van der Waals surface area contributed by atoms with Crippen molar-refractivity contribution in [2.45, 2.75) is 24.9 Å². The fourth-order valence-electron chi connectivity index (χ4n) is 2.09. The van der Waals surface area contributed by atoms with Crippen LogP contribution in [0.15, 0.2) is 28.7 Å². The first-order valence-electron chi connectivity index (χ1n) is 5.92. The number of aliphatic hydroxyl groups is 1. The number of hydrogen-bond donors (Lipinski definition) is 2. The Bertz CT molecular complexity index is 364. The summed E-state index contributed by atoms with van der Waals surface area (Å²) in [5.74, 6) is 0. The summed E-state index contributed by atoms with van der Waals surface area (Å²) >= 11 is 3.46. The van der Waals surface area contributed by atoms with E-state index in [2.05, 4.69) is 33.4 Å². The predicted octanol–water partition coefficient (Wildman–Crippen LogP) is 2.08. The van der Waals surface area contributed by atoms with E-state index in [9.17, 15) is 5.11 Å². The number of benzene rings is 1. The van der Waals surface area contributed by atoms with Crippen molar-refractivity contribution in [1.29, 1.82) is 0 Å². The molecule has 1 aliphatic rings. The van der Waals surface area contributed by atoms with Crippen molar-refractivity contribution in [2.75, 3.05) is 19.8 Å². The molecule has 2 rings (SSSR count). The quantitative estimate of drug-likeness (QED) is 0.894. The van der Waals surface area contributed by atoms with Crippen molar-refractivity contribution in [3.8, 4) is 0 Å². The van der Waals surface area contributed by atoms with Gasteiger partial charge in [-0.1, -0.05) is 28.1 Å². The van der Waals surface area contributed by atoms with Crippen LogP contribution >= 0.6 is 15.9 Å². The summed E-state index contributed by atoms with van der Waals surface area (Å²) in [7, 11) is 0. The molecule has 0 bridgehead atoms. The largest absolute Gasteiger partial charge is 0.394 e. The van der Waals surface area contributed by atoms with Gasteiger partial charge in [0.25, 0.3) is 0 Å². The Morgan fingerprint density at radius 1 is 1.35 bits per heavy atom. The lowest BCUT2D eigenvalue weighted by Gasteiger charge is -2.36. The summed E-state index contributed by atoms with van der Waals surface area (Å²) in [6.45, 7) is 2.41. The first kappa shape index (κ1) is 13.0. The van der Waals surface area contributed by atoms with E-state index in [-0.39, 0.29) is 12.1 Å². The van der Waals surface area contributed by atoms with Crippen molar-refractivity contribution < 1.29 is 9.84 Å². The van der Waals surface area contributed by atoms with E-state index in [1.807, 2.05) is 12.1 Å². The molecule has 1 aromatic carbocycles. The molecular formula is C13H18BrNO2. The highest BCUT2D eigenvalue weighted by molar-refractivity contribution is 9.10. The molecule has 0 atom stereocenters. The van der Waals surface area contributed by atoms with E-state index >= 15 is 0 Å². The fourth-order valence-corrected chi connectivity index (χ4v) is 2.54. The van der Waals surface area contributed by atoms with Gasteiger partial charge in [0.05, 0.1) is 6.61 Å². The topological polar surface area (TPSA) is 41.5 Å². The lowest BCUT2D eigenvalue weighted by molar-refractivity contribution is 0.0112. The third kappa shape index (κ3) is 3.52. The van der Waals surface area contributed by atoms with Gasteiger partial charge in [0.1, 0.15) is 0 Å². The Balaban J connectivity index is 1.95. The number of ether oxygens (including phenoxy) is 1. The monoisotopic (exact) mass is 299 g/mol. The molecule has 0 aliphatic carbocycles. The molecule has 1 aliphatic heterocycles. The summed E-state index contributed by atoms with van der Waals surface area (Å²) in [5, 5.41) is 13.0. The van der Waals surface area contributed by atoms with Gasteiger partial charge in [-0.3, -0.25) is 0 Å². The summed E-state index contributed by atoms with van der Waals surface area (Å²) in [4.78, 5) is 0. The van der Waals surface area contributed by atoms with Crippen molar-refractivity contribution in [3.63, 3.8) is 0 Å². The second kappa shape index (κ2) is 5.96. The number of hydrogen-bond acceptors (Lipinski definition) is 3. The van der Waals surface area contributed by atoms with Crippen molar-refractivity contribution in [2.24, 2.45) is 0 Å². The minimum absolute atomic E-state index is 0.166. The van der Waals surface area contributed by atoms with Gasteiger partial charge in [0.15, 0.2) is 0 Å². The molecule has 4 heteroatoms. The van der Waals surface area contributed by atoms with Gasteiger partial charge in [-0.2, -0.15) is 0 Å². The molecule has 0 aromatic heterocycles. The average Bonchev–Trinajstić information content (AvgIpc) is 2.38. The normalized spacial score (nSPS) is 19.2. The molecule has 1 saturated heterocycles. The van der Waals surface area contributed by atoms with Gasteiger partial charge in [-0.05, 0) is 30.5 Å². The summed E-state index contributed by atoms with van der Waals surface area (Å²) in [6, 6.07) is 8.22. The van der Waals surface area contributed by atoms with E-state index in [4.69, 9.17) is 4.74 Å². The maximum absolute atomic E-state index is 9.55. The van der Waals surface area contributed by atoms with Gasteiger partial charge in [-0.25, -0.2) is 0 Å². The van der Waals surface area contributed by atoms with E-state index in [1.54, 1.807) is 0 Å². The zero-order valence-electron chi connectivity index (χ0n) is 9.79. The Morgan fingerprint density at radius 2 is 2.12 bits per heavy atom. The molecule has 2 N–H and O–H groups in total. The minimum atomic E-state index is -0.166. The first-order valence-corrected chi connectivity index (χ1v) is 6.71. The van der Waals surface area contributed by atoms with Gasteiger partial charge in [0.2, 0.25) is 0 Å². The standard InChI is InChI=1S/C13H18BrNO2/c14-12-3-1-2-11(8-12)9-15-13(10-16)4-6-17-7-5-13/h1-3,8,15-16H,4-7,9-10H2. The molecule has 1 heterocycles. The van der Waals surface area contributed by atoms with Crippen LogP contribution in [0.5, 0.6) is 0 Å². The maximum Gasteiger partial charge on any atom is 0.0615 e. The molecule has 94 valence electrons. The summed E-state index contributed by atoms with van der Waals surface area (Å²) in [5.41, 5.74) is 1.05. The maximum atomic E-state index is 9.55. The Hall–Kier alpha value is -0.420. The van der Waals surface area contributed by atoms with E-state index in [1.165, 1.54) is 5.56 Å². The third-order valence-electron chi connectivity index (χ3n) is 3.31. The van der Waals surface area contributed by atoms with E-state index in [0.29, 0.717) is 0 Å². The van der Waals surface area contributed by atoms with Crippen LogP contribution in [0.25, 0.3) is 0 Å². The Morgan fingerprint density at radius 3 is 2.76 bits per heavy atom. The zero-order valence-corrected chi connectivity index (χ0v) is 11.4. The van der Waals surface area contributed by atoms with Gasteiger partial charge in [-0.15, -0.1) is 0 Å².